The fourth-order valence-electron chi connectivity index (χ4n) is 1.43. The van der Waals surface area contributed by atoms with E-state index in [2.05, 4.69) is 5.10 Å². The summed E-state index contributed by atoms with van der Waals surface area (Å²) in [7, 11) is 3.75. The standard InChI is InChI=1S/C12H13N3O/c1-14(2)8-6-12(16)10-9-13-15-7-4-3-5-11(10)15/h3-9H,1-2H3. The Hall–Kier alpha value is -2.10. The van der Waals surface area contributed by atoms with Gasteiger partial charge < -0.3 is 4.90 Å². The lowest BCUT2D eigenvalue weighted by atomic mass is 10.2. The first-order valence-electron chi connectivity index (χ1n) is 5.00. The van der Waals surface area contributed by atoms with Gasteiger partial charge in [-0.05, 0) is 12.1 Å². The second kappa shape index (κ2) is 4.18. The lowest BCUT2D eigenvalue weighted by Crippen LogP contribution is -2.03. The van der Waals surface area contributed by atoms with E-state index in [-0.39, 0.29) is 5.78 Å². The van der Waals surface area contributed by atoms with Crippen LogP contribution in [0.25, 0.3) is 5.52 Å². The molecule has 2 aromatic rings. The van der Waals surface area contributed by atoms with Crippen LogP contribution >= 0.6 is 0 Å². The molecule has 0 aliphatic heterocycles. The fraction of sp³-hybridized carbons (Fsp3) is 0.167. The second-order valence-electron chi connectivity index (χ2n) is 3.73. The van der Waals surface area contributed by atoms with Crippen LogP contribution in [-0.2, 0) is 0 Å². The monoisotopic (exact) mass is 215 g/mol. The van der Waals surface area contributed by atoms with Crippen molar-refractivity contribution in [2.45, 2.75) is 0 Å². The lowest BCUT2D eigenvalue weighted by Gasteiger charge is -2.02. The van der Waals surface area contributed by atoms with Crippen LogP contribution in [0.2, 0.25) is 0 Å². The van der Waals surface area contributed by atoms with Crippen LogP contribution in [-0.4, -0.2) is 34.4 Å². The van der Waals surface area contributed by atoms with Crippen LogP contribution in [0.15, 0.2) is 42.9 Å². The molecule has 2 aromatic heterocycles. The van der Waals surface area contributed by atoms with E-state index in [0.29, 0.717) is 5.56 Å². The molecule has 0 fully saturated rings. The van der Waals surface area contributed by atoms with Gasteiger partial charge in [-0.2, -0.15) is 5.10 Å². The SMILES string of the molecule is CN(C)C=CC(=O)c1cnn2ccccc12. The van der Waals surface area contributed by atoms with Gasteiger partial charge in [-0.1, -0.05) is 6.07 Å². The molecule has 4 heteroatoms. The van der Waals surface area contributed by atoms with E-state index in [1.165, 1.54) is 0 Å². The zero-order chi connectivity index (χ0) is 11.5. The molecular formula is C12H13N3O. The molecule has 0 spiro atoms. The first kappa shape index (κ1) is 10.4. The fourth-order valence-corrected chi connectivity index (χ4v) is 1.43. The Bertz CT molecular complexity index is 540. The molecule has 16 heavy (non-hydrogen) atoms. The Kier molecular flexibility index (Phi) is 2.72. The zero-order valence-corrected chi connectivity index (χ0v) is 9.29. The zero-order valence-electron chi connectivity index (χ0n) is 9.29. The van der Waals surface area contributed by atoms with E-state index in [0.717, 1.165) is 5.52 Å². The summed E-state index contributed by atoms with van der Waals surface area (Å²) in [5, 5.41) is 4.12. The molecule has 0 atom stereocenters. The number of pyridine rings is 1. The number of aromatic nitrogens is 2. The van der Waals surface area contributed by atoms with Gasteiger partial charge in [0.25, 0.3) is 0 Å². The van der Waals surface area contributed by atoms with Crippen molar-refractivity contribution in [3.05, 3.63) is 48.4 Å². The minimum absolute atomic E-state index is 0.0325. The first-order valence-corrected chi connectivity index (χ1v) is 5.00. The third kappa shape index (κ3) is 1.95. The molecule has 0 saturated heterocycles. The van der Waals surface area contributed by atoms with Gasteiger partial charge in [-0.3, -0.25) is 4.79 Å². The van der Waals surface area contributed by atoms with Gasteiger partial charge in [0.05, 0.1) is 17.3 Å². The van der Waals surface area contributed by atoms with Crippen molar-refractivity contribution < 1.29 is 4.79 Å². The van der Waals surface area contributed by atoms with Gasteiger partial charge in [0.1, 0.15) is 0 Å². The molecule has 0 amide bonds. The molecule has 0 radical (unpaired) electrons. The molecule has 0 saturated carbocycles. The smallest absolute Gasteiger partial charge is 0.191 e. The van der Waals surface area contributed by atoms with Gasteiger partial charge in [-0.15, -0.1) is 0 Å². The molecule has 0 unspecified atom stereocenters. The maximum absolute atomic E-state index is 11.9. The van der Waals surface area contributed by atoms with Gasteiger partial charge in [0.15, 0.2) is 5.78 Å². The van der Waals surface area contributed by atoms with Gasteiger partial charge in [0.2, 0.25) is 0 Å². The normalized spacial score (nSPS) is 11.1. The number of carbonyl (C=O) groups excluding carboxylic acids is 1. The molecule has 82 valence electrons. The Labute approximate surface area is 93.8 Å². The van der Waals surface area contributed by atoms with Crippen LogP contribution in [0, 0.1) is 0 Å². The molecule has 2 rings (SSSR count). The molecule has 0 N–H and O–H groups in total. The summed E-state index contributed by atoms with van der Waals surface area (Å²) in [4.78, 5) is 13.7. The molecule has 4 nitrogen and oxygen atoms in total. The van der Waals surface area contributed by atoms with Crippen LogP contribution in [0.4, 0.5) is 0 Å². The number of nitrogens with zero attached hydrogens (tertiary/aromatic N) is 3. The van der Waals surface area contributed by atoms with Crippen LogP contribution < -0.4 is 0 Å². The van der Waals surface area contributed by atoms with Crippen molar-refractivity contribution in [3.63, 3.8) is 0 Å². The predicted octanol–water partition coefficient (Wildman–Crippen LogP) is 1.59. The second-order valence-corrected chi connectivity index (χ2v) is 3.73. The molecule has 0 aromatic carbocycles. The molecule has 0 aliphatic rings. The van der Waals surface area contributed by atoms with E-state index >= 15 is 0 Å². The molecular weight excluding hydrogens is 202 g/mol. The van der Waals surface area contributed by atoms with E-state index in [4.69, 9.17) is 0 Å². The Balaban J connectivity index is 2.37. The first-order chi connectivity index (χ1) is 7.68. The van der Waals surface area contributed by atoms with E-state index in [1.807, 2.05) is 43.4 Å². The molecule has 2 heterocycles. The minimum Gasteiger partial charge on any atom is -0.383 e. The van der Waals surface area contributed by atoms with E-state index in [1.54, 1.807) is 23.0 Å². The van der Waals surface area contributed by atoms with E-state index in [9.17, 15) is 4.79 Å². The van der Waals surface area contributed by atoms with Crippen LogP contribution in [0.3, 0.4) is 0 Å². The highest BCUT2D eigenvalue weighted by atomic mass is 16.1. The summed E-state index contributed by atoms with van der Waals surface area (Å²) in [5.74, 6) is -0.0325. The summed E-state index contributed by atoms with van der Waals surface area (Å²) in [6.07, 6.45) is 6.69. The highest BCUT2D eigenvalue weighted by molar-refractivity contribution is 6.09. The van der Waals surface area contributed by atoms with Crippen molar-refractivity contribution in [2.75, 3.05) is 14.1 Å². The van der Waals surface area contributed by atoms with Gasteiger partial charge >= 0.3 is 0 Å². The quantitative estimate of drug-likeness (QED) is 0.576. The topological polar surface area (TPSA) is 37.6 Å². The van der Waals surface area contributed by atoms with Crippen molar-refractivity contribution in [1.82, 2.24) is 14.5 Å². The number of hydrogen-bond acceptors (Lipinski definition) is 3. The average molecular weight is 215 g/mol. The van der Waals surface area contributed by atoms with Crippen molar-refractivity contribution in [2.24, 2.45) is 0 Å². The number of fused-ring (bicyclic) bond motifs is 1. The van der Waals surface area contributed by atoms with Crippen molar-refractivity contribution in [3.8, 4) is 0 Å². The third-order valence-corrected chi connectivity index (χ3v) is 2.22. The number of carbonyl (C=O) groups is 1. The van der Waals surface area contributed by atoms with Gasteiger partial charge in [-0.25, -0.2) is 4.52 Å². The number of ketones is 1. The largest absolute Gasteiger partial charge is 0.383 e. The summed E-state index contributed by atoms with van der Waals surface area (Å²) in [5.41, 5.74) is 1.45. The van der Waals surface area contributed by atoms with E-state index < -0.39 is 0 Å². The molecule has 0 aliphatic carbocycles. The summed E-state index contributed by atoms with van der Waals surface area (Å²) in [6.45, 7) is 0. The van der Waals surface area contributed by atoms with Crippen LogP contribution in [0.1, 0.15) is 10.4 Å². The number of rotatable bonds is 3. The average Bonchev–Trinajstić information content (AvgIpc) is 2.69. The van der Waals surface area contributed by atoms with Gasteiger partial charge in [0, 0.05) is 32.6 Å². The third-order valence-electron chi connectivity index (χ3n) is 2.22. The summed E-state index contributed by atoms with van der Waals surface area (Å²) >= 11 is 0. The highest BCUT2D eigenvalue weighted by Gasteiger charge is 2.08. The highest BCUT2D eigenvalue weighted by Crippen LogP contribution is 2.11. The van der Waals surface area contributed by atoms with Crippen molar-refractivity contribution >= 4 is 11.3 Å². The number of hydrogen-bond donors (Lipinski definition) is 0. The number of allylic oxidation sites excluding steroid dienone is 1. The summed E-state index contributed by atoms with van der Waals surface area (Å²) < 4.78 is 1.69. The maximum atomic E-state index is 11.9. The maximum Gasteiger partial charge on any atom is 0.191 e. The molecule has 0 bridgehead atoms. The van der Waals surface area contributed by atoms with Crippen molar-refractivity contribution in [1.29, 1.82) is 0 Å². The predicted molar refractivity (Wildman–Crippen MR) is 62.3 cm³/mol. The minimum atomic E-state index is -0.0325. The van der Waals surface area contributed by atoms with Crippen LogP contribution in [0.5, 0.6) is 0 Å². The Morgan fingerprint density at radius 1 is 1.44 bits per heavy atom. The summed E-state index contributed by atoms with van der Waals surface area (Å²) in [6, 6.07) is 5.65. The Morgan fingerprint density at radius 3 is 3.00 bits per heavy atom. The lowest BCUT2D eigenvalue weighted by molar-refractivity contribution is 0.104. The Morgan fingerprint density at radius 2 is 2.25 bits per heavy atom.